The SMILES string of the molecule is C[Si](C)(C)C(CS(=O)(=O)CC(c1ccccc1)[Si](C)(C)C)c1ccccc1. The minimum absolute atomic E-state index is 0.127. The highest BCUT2D eigenvalue weighted by Crippen LogP contribution is 2.33. The summed E-state index contributed by atoms with van der Waals surface area (Å²) in [5.74, 6) is 0.529. The summed E-state index contributed by atoms with van der Waals surface area (Å²) in [5, 5.41) is 0. The van der Waals surface area contributed by atoms with Crippen molar-refractivity contribution in [3.8, 4) is 0 Å². The average molecular weight is 419 g/mol. The van der Waals surface area contributed by atoms with E-state index in [-0.39, 0.29) is 22.6 Å². The molecule has 0 amide bonds. The van der Waals surface area contributed by atoms with E-state index in [0.717, 1.165) is 0 Å². The second-order valence-electron chi connectivity index (χ2n) is 9.74. The smallest absolute Gasteiger partial charge is 0.150 e. The van der Waals surface area contributed by atoms with Gasteiger partial charge in [0.1, 0.15) is 0 Å². The van der Waals surface area contributed by atoms with Crippen LogP contribution in [0.3, 0.4) is 0 Å². The largest absolute Gasteiger partial charge is 0.229 e. The fraction of sp³-hybridized carbons (Fsp3) is 0.455. The standard InChI is InChI=1S/C22H34O2SSi2/c1-26(2,3)21(19-13-9-7-10-14-19)17-25(23,24)18-22(27(4,5)6)20-15-11-8-12-16-20/h7-16,21-22H,17-18H2,1-6H3. The van der Waals surface area contributed by atoms with Crippen molar-refractivity contribution in [1.82, 2.24) is 0 Å². The molecule has 0 fully saturated rings. The molecule has 0 aliphatic heterocycles. The van der Waals surface area contributed by atoms with Crippen molar-refractivity contribution in [2.24, 2.45) is 0 Å². The van der Waals surface area contributed by atoms with Gasteiger partial charge in [-0.25, -0.2) is 8.42 Å². The van der Waals surface area contributed by atoms with Crippen LogP contribution >= 0.6 is 0 Å². The van der Waals surface area contributed by atoms with Crippen LogP contribution in [0.2, 0.25) is 39.3 Å². The van der Waals surface area contributed by atoms with Crippen LogP contribution in [0.4, 0.5) is 0 Å². The van der Waals surface area contributed by atoms with Crippen molar-refractivity contribution in [2.45, 2.75) is 50.4 Å². The summed E-state index contributed by atoms with van der Waals surface area (Å²) in [7, 11) is -6.54. The third-order valence-corrected chi connectivity index (χ3v) is 12.9. The molecular weight excluding hydrogens is 384 g/mol. The molecule has 2 unspecified atom stereocenters. The maximum Gasteiger partial charge on any atom is 0.150 e. The molecule has 2 rings (SSSR count). The number of sulfone groups is 1. The third-order valence-electron chi connectivity index (χ3n) is 5.34. The van der Waals surface area contributed by atoms with Crippen LogP contribution in [-0.2, 0) is 9.84 Å². The highest BCUT2D eigenvalue weighted by Gasteiger charge is 2.36. The van der Waals surface area contributed by atoms with Crippen LogP contribution in [-0.4, -0.2) is 36.1 Å². The predicted octanol–water partition coefficient (Wildman–Crippen LogP) is 5.72. The lowest BCUT2D eigenvalue weighted by Gasteiger charge is -2.32. The Morgan fingerprint density at radius 2 is 0.926 bits per heavy atom. The summed E-state index contributed by atoms with van der Waals surface area (Å²) in [6.45, 7) is 13.6. The van der Waals surface area contributed by atoms with Crippen molar-refractivity contribution < 1.29 is 8.42 Å². The Bertz CT molecular complexity index is 755. The molecule has 0 spiro atoms. The Balaban J connectivity index is 2.32. The van der Waals surface area contributed by atoms with Crippen molar-refractivity contribution in [3.63, 3.8) is 0 Å². The molecule has 0 heterocycles. The summed E-state index contributed by atoms with van der Waals surface area (Å²) in [5.41, 5.74) is 2.59. The number of rotatable bonds is 8. The van der Waals surface area contributed by atoms with E-state index in [2.05, 4.69) is 63.5 Å². The van der Waals surface area contributed by atoms with Gasteiger partial charge < -0.3 is 0 Å². The Labute approximate surface area is 168 Å². The van der Waals surface area contributed by atoms with Gasteiger partial charge in [-0.1, -0.05) is 99.9 Å². The lowest BCUT2D eigenvalue weighted by Crippen LogP contribution is -2.40. The van der Waals surface area contributed by atoms with Gasteiger partial charge in [-0.15, -0.1) is 0 Å². The molecule has 2 aromatic rings. The van der Waals surface area contributed by atoms with Gasteiger partial charge in [-0.3, -0.25) is 0 Å². The van der Waals surface area contributed by atoms with E-state index in [4.69, 9.17) is 0 Å². The molecule has 0 radical (unpaired) electrons. The van der Waals surface area contributed by atoms with Gasteiger partial charge in [-0.2, -0.15) is 0 Å². The molecule has 0 aliphatic rings. The average Bonchev–Trinajstić information content (AvgIpc) is 2.57. The molecule has 2 nitrogen and oxygen atoms in total. The van der Waals surface area contributed by atoms with Gasteiger partial charge in [0.05, 0.1) is 27.7 Å². The molecule has 0 aliphatic carbocycles. The predicted molar refractivity (Wildman–Crippen MR) is 124 cm³/mol. The van der Waals surface area contributed by atoms with Crippen molar-refractivity contribution in [3.05, 3.63) is 71.8 Å². The van der Waals surface area contributed by atoms with Crippen LogP contribution in [0.1, 0.15) is 22.2 Å². The van der Waals surface area contributed by atoms with Crippen LogP contribution < -0.4 is 0 Å². The maximum absolute atomic E-state index is 13.3. The topological polar surface area (TPSA) is 34.1 Å². The van der Waals surface area contributed by atoms with E-state index in [1.807, 2.05) is 36.4 Å². The highest BCUT2D eigenvalue weighted by molar-refractivity contribution is 7.91. The summed E-state index contributed by atoms with van der Waals surface area (Å²) in [6.07, 6.45) is 0. The lowest BCUT2D eigenvalue weighted by molar-refractivity contribution is 0.591. The van der Waals surface area contributed by atoms with Crippen LogP contribution in [0, 0.1) is 0 Å². The van der Waals surface area contributed by atoms with E-state index in [0.29, 0.717) is 0 Å². The van der Waals surface area contributed by atoms with Crippen molar-refractivity contribution >= 4 is 26.0 Å². The molecular formula is C22H34O2SSi2. The second kappa shape index (κ2) is 8.45. The van der Waals surface area contributed by atoms with E-state index in [9.17, 15) is 8.42 Å². The first-order valence-corrected chi connectivity index (χ1v) is 18.7. The van der Waals surface area contributed by atoms with Crippen molar-refractivity contribution in [1.29, 1.82) is 0 Å². The zero-order chi connectivity index (χ0) is 20.3. The molecule has 27 heavy (non-hydrogen) atoms. The van der Waals surface area contributed by atoms with Gasteiger partial charge >= 0.3 is 0 Å². The summed E-state index contributed by atoms with van der Waals surface area (Å²) >= 11 is 0. The van der Waals surface area contributed by atoms with Gasteiger partial charge in [-0.05, 0) is 22.2 Å². The number of hydrogen-bond donors (Lipinski definition) is 0. The molecule has 5 heteroatoms. The molecule has 0 N–H and O–H groups in total. The first kappa shape index (κ1) is 22.1. The fourth-order valence-electron chi connectivity index (χ4n) is 3.64. The Hall–Kier alpha value is -1.18. The highest BCUT2D eigenvalue weighted by atomic mass is 32.2. The minimum Gasteiger partial charge on any atom is -0.229 e. The molecule has 0 saturated heterocycles. The molecule has 0 saturated carbocycles. The van der Waals surface area contributed by atoms with Gasteiger partial charge in [0, 0.05) is 0 Å². The molecule has 148 valence electrons. The minimum atomic E-state index is -3.17. The zero-order valence-corrected chi connectivity index (χ0v) is 20.4. The van der Waals surface area contributed by atoms with Gasteiger partial charge in [0.25, 0.3) is 0 Å². The Morgan fingerprint density at radius 1 is 0.630 bits per heavy atom. The van der Waals surface area contributed by atoms with E-state index in [1.165, 1.54) is 11.1 Å². The molecule has 2 atom stereocenters. The van der Waals surface area contributed by atoms with E-state index >= 15 is 0 Å². The fourth-order valence-corrected chi connectivity index (χ4v) is 13.1. The normalized spacial score (nSPS) is 15.3. The second-order valence-corrected chi connectivity index (χ2v) is 22.7. The van der Waals surface area contributed by atoms with E-state index in [1.54, 1.807) is 0 Å². The lowest BCUT2D eigenvalue weighted by atomic mass is 10.2. The summed E-state index contributed by atoms with van der Waals surface area (Å²) in [6, 6.07) is 20.4. The van der Waals surface area contributed by atoms with Crippen LogP contribution in [0.5, 0.6) is 0 Å². The first-order chi connectivity index (χ1) is 12.4. The molecule has 2 aromatic carbocycles. The molecule has 0 bridgehead atoms. The van der Waals surface area contributed by atoms with Crippen LogP contribution in [0.25, 0.3) is 0 Å². The van der Waals surface area contributed by atoms with Crippen LogP contribution in [0.15, 0.2) is 60.7 Å². The number of benzene rings is 2. The first-order valence-electron chi connectivity index (χ1n) is 9.70. The third kappa shape index (κ3) is 6.44. The Kier molecular flexibility index (Phi) is 6.92. The quantitative estimate of drug-likeness (QED) is 0.513. The van der Waals surface area contributed by atoms with Gasteiger partial charge in [0.15, 0.2) is 9.84 Å². The summed E-state index contributed by atoms with van der Waals surface area (Å²) in [4.78, 5) is 0. The number of hydrogen-bond acceptors (Lipinski definition) is 2. The zero-order valence-electron chi connectivity index (χ0n) is 17.6. The summed E-state index contributed by atoms with van der Waals surface area (Å²) < 4.78 is 26.7. The monoisotopic (exact) mass is 418 g/mol. The Morgan fingerprint density at radius 3 is 1.19 bits per heavy atom. The molecule has 0 aromatic heterocycles. The maximum atomic E-state index is 13.3. The van der Waals surface area contributed by atoms with Gasteiger partial charge in [0.2, 0.25) is 0 Å². The van der Waals surface area contributed by atoms with Crippen molar-refractivity contribution in [2.75, 3.05) is 11.5 Å². The van der Waals surface area contributed by atoms with E-state index < -0.39 is 26.0 Å².